The minimum Gasteiger partial charge on any atom is -0.322 e. The van der Waals surface area contributed by atoms with Gasteiger partial charge in [0.25, 0.3) is 0 Å². The number of amides is 2. The molecule has 2 rings (SSSR count). The molecule has 1 saturated heterocycles. The lowest BCUT2D eigenvalue weighted by Crippen LogP contribution is -2.55. The van der Waals surface area contributed by atoms with Crippen LogP contribution in [0.15, 0.2) is 18.2 Å². The highest BCUT2D eigenvalue weighted by atomic mass is 35.5. The normalized spacial score (nSPS) is 16.9. The first kappa shape index (κ1) is 16.0. The highest BCUT2D eigenvalue weighted by Gasteiger charge is 2.27. The number of piperazine rings is 1. The quantitative estimate of drug-likeness (QED) is 0.862. The zero-order valence-electron chi connectivity index (χ0n) is 12.6. The third-order valence-electron chi connectivity index (χ3n) is 3.69. The van der Waals surface area contributed by atoms with Crippen molar-refractivity contribution < 1.29 is 9.18 Å². The Hall–Kier alpha value is -1.33. The van der Waals surface area contributed by atoms with E-state index in [9.17, 15) is 9.18 Å². The number of anilines is 1. The van der Waals surface area contributed by atoms with Crippen LogP contribution < -0.4 is 5.32 Å². The molecule has 4 nitrogen and oxygen atoms in total. The monoisotopic (exact) mass is 313 g/mol. The van der Waals surface area contributed by atoms with Crippen LogP contribution in [0, 0.1) is 5.82 Å². The minimum atomic E-state index is -0.492. The van der Waals surface area contributed by atoms with Crippen molar-refractivity contribution in [2.45, 2.75) is 26.3 Å². The topological polar surface area (TPSA) is 35.6 Å². The second-order valence-electron chi connectivity index (χ2n) is 6.20. The molecule has 0 atom stereocenters. The maximum atomic E-state index is 13.1. The molecule has 116 valence electrons. The van der Waals surface area contributed by atoms with Crippen molar-refractivity contribution in [3.8, 4) is 0 Å². The Kier molecular flexibility index (Phi) is 4.74. The van der Waals surface area contributed by atoms with Gasteiger partial charge in [-0.15, -0.1) is 0 Å². The number of hydrogen-bond acceptors (Lipinski definition) is 2. The fraction of sp³-hybridized carbons (Fsp3) is 0.533. The van der Waals surface area contributed by atoms with E-state index >= 15 is 0 Å². The minimum absolute atomic E-state index is 0.00496. The summed E-state index contributed by atoms with van der Waals surface area (Å²) < 4.78 is 13.1. The summed E-state index contributed by atoms with van der Waals surface area (Å²) in [5.41, 5.74) is 0.622. The van der Waals surface area contributed by atoms with Crippen LogP contribution in [0.4, 0.5) is 14.9 Å². The van der Waals surface area contributed by atoms with Crippen molar-refractivity contribution in [1.82, 2.24) is 9.80 Å². The highest BCUT2D eigenvalue weighted by molar-refractivity contribution is 6.31. The van der Waals surface area contributed by atoms with Crippen LogP contribution in [-0.4, -0.2) is 47.5 Å². The molecule has 6 heteroatoms. The summed E-state index contributed by atoms with van der Waals surface area (Å²) in [6.07, 6.45) is 0. The van der Waals surface area contributed by atoms with Gasteiger partial charge < -0.3 is 10.2 Å². The third-order valence-corrected chi connectivity index (χ3v) is 3.98. The number of halogens is 2. The van der Waals surface area contributed by atoms with Crippen LogP contribution >= 0.6 is 11.6 Å². The van der Waals surface area contributed by atoms with Crippen molar-refractivity contribution in [2.24, 2.45) is 0 Å². The number of nitrogens with zero attached hydrogens (tertiary/aromatic N) is 2. The van der Waals surface area contributed by atoms with Gasteiger partial charge in [0.15, 0.2) is 0 Å². The van der Waals surface area contributed by atoms with Gasteiger partial charge in [-0.05, 0) is 39.0 Å². The third kappa shape index (κ3) is 4.08. The van der Waals surface area contributed by atoms with E-state index in [1.165, 1.54) is 18.2 Å². The van der Waals surface area contributed by atoms with Gasteiger partial charge in [0.1, 0.15) is 5.82 Å². The van der Waals surface area contributed by atoms with Crippen LogP contribution in [-0.2, 0) is 0 Å². The molecule has 0 spiro atoms. The molecule has 0 aromatic heterocycles. The first-order chi connectivity index (χ1) is 9.77. The largest absolute Gasteiger partial charge is 0.322 e. The predicted octanol–water partition coefficient (Wildman–Crippen LogP) is 3.43. The molecular formula is C15H21ClFN3O. The van der Waals surface area contributed by atoms with Crippen molar-refractivity contribution in [3.63, 3.8) is 0 Å². The van der Waals surface area contributed by atoms with Crippen molar-refractivity contribution >= 4 is 23.3 Å². The number of urea groups is 1. The van der Waals surface area contributed by atoms with E-state index in [2.05, 4.69) is 31.0 Å². The van der Waals surface area contributed by atoms with Crippen LogP contribution in [0.2, 0.25) is 5.02 Å². The van der Waals surface area contributed by atoms with Gasteiger partial charge in [-0.3, -0.25) is 4.90 Å². The van der Waals surface area contributed by atoms with E-state index < -0.39 is 5.82 Å². The predicted molar refractivity (Wildman–Crippen MR) is 83.3 cm³/mol. The molecule has 1 N–H and O–H groups in total. The molecule has 21 heavy (non-hydrogen) atoms. The molecule has 0 radical (unpaired) electrons. The summed E-state index contributed by atoms with van der Waals surface area (Å²) in [6.45, 7) is 9.56. The number of nitrogens with one attached hydrogen (secondary N) is 1. The zero-order chi connectivity index (χ0) is 15.6. The summed E-state index contributed by atoms with van der Waals surface area (Å²) in [4.78, 5) is 16.3. The van der Waals surface area contributed by atoms with Gasteiger partial charge in [-0.1, -0.05) is 11.6 Å². The molecule has 1 heterocycles. The average Bonchev–Trinajstić information content (AvgIpc) is 2.42. The Balaban J connectivity index is 1.92. The fourth-order valence-electron chi connectivity index (χ4n) is 2.36. The van der Waals surface area contributed by atoms with E-state index in [0.29, 0.717) is 18.8 Å². The fourth-order valence-corrected chi connectivity index (χ4v) is 2.54. The number of hydrogen-bond donors (Lipinski definition) is 1. The molecule has 0 aliphatic carbocycles. The van der Waals surface area contributed by atoms with Gasteiger partial charge in [0.2, 0.25) is 0 Å². The summed E-state index contributed by atoms with van der Waals surface area (Å²) in [7, 11) is 0. The summed E-state index contributed by atoms with van der Waals surface area (Å²) in [5.74, 6) is -0.492. The molecular weight excluding hydrogens is 293 g/mol. The highest BCUT2D eigenvalue weighted by Crippen LogP contribution is 2.20. The maximum absolute atomic E-state index is 13.1. The molecule has 1 aromatic rings. The van der Waals surface area contributed by atoms with E-state index in [0.717, 1.165) is 13.1 Å². The Morgan fingerprint density at radius 3 is 2.38 bits per heavy atom. The van der Waals surface area contributed by atoms with Crippen LogP contribution in [0.25, 0.3) is 0 Å². The van der Waals surface area contributed by atoms with E-state index in [1.807, 2.05) is 0 Å². The number of carbonyl (C=O) groups is 1. The molecule has 1 aliphatic heterocycles. The molecule has 0 saturated carbocycles. The standard InChI is InChI=1S/C15H21ClFN3O/c1-15(2,3)20-8-6-19(7-9-20)14(21)18-11-4-5-13(17)12(16)10-11/h4-5,10H,6-9H2,1-3H3,(H,18,21). The van der Waals surface area contributed by atoms with Crippen LogP contribution in [0.5, 0.6) is 0 Å². The Morgan fingerprint density at radius 2 is 1.86 bits per heavy atom. The zero-order valence-corrected chi connectivity index (χ0v) is 13.4. The maximum Gasteiger partial charge on any atom is 0.321 e. The summed E-state index contributed by atoms with van der Waals surface area (Å²) in [5, 5.41) is 2.76. The van der Waals surface area contributed by atoms with Crippen molar-refractivity contribution in [2.75, 3.05) is 31.5 Å². The van der Waals surface area contributed by atoms with Gasteiger partial charge in [-0.2, -0.15) is 0 Å². The lowest BCUT2D eigenvalue weighted by molar-refractivity contribution is 0.0774. The number of carbonyl (C=O) groups excluding carboxylic acids is 1. The van der Waals surface area contributed by atoms with Crippen LogP contribution in [0.3, 0.4) is 0 Å². The second-order valence-corrected chi connectivity index (χ2v) is 6.61. The SMILES string of the molecule is CC(C)(C)N1CCN(C(=O)Nc2ccc(F)c(Cl)c2)CC1. The van der Waals surface area contributed by atoms with E-state index in [1.54, 1.807) is 4.90 Å². The Bertz CT molecular complexity index is 522. The van der Waals surface area contributed by atoms with Crippen molar-refractivity contribution in [1.29, 1.82) is 0 Å². The molecule has 0 bridgehead atoms. The van der Waals surface area contributed by atoms with Gasteiger partial charge >= 0.3 is 6.03 Å². The average molecular weight is 314 g/mol. The number of rotatable bonds is 1. The molecule has 1 aliphatic rings. The van der Waals surface area contributed by atoms with E-state index in [4.69, 9.17) is 11.6 Å². The van der Waals surface area contributed by atoms with Crippen molar-refractivity contribution in [3.05, 3.63) is 29.0 Å². The second kappa shape index (κ2) is 6.20. The van der Waals surface area contributed by atoms with Gasteiger partial charge in [-0.25, -0.2) is 9.18 Å². The Morgan fingerprint density at radius 1 is 1.24 bits per heavy atom. The molecule has 0 unspecified atom stereocenters. The first-order valence-corrected chi connectivity index (χ1v) is 7.41. The van der Waals surface area contributed by atoms with Gasteiger partial charge in [0, 0.05) is 37.4 Å². The summed E-state index contributed by atoms with van der Waals surface area (Å²) >= 11 is 5.71. The lowest BCUT2D eigenvalue weighted by atomic mass is 10.1. The first-order valence-electron chi connectivity index (χ1n) is 7.03. The smallest absolute Gasteiger partial charge is 0.321 e. The molecule has 1 fully saturated rings. The number of benzene rings is 1. The Labute approximate surface area is 129 Å². The van der Waals surface area contributed by atoms with Gasteiger partial charge in [0.05, 0.1) is 5.02 Å². The summed E-state index contributed by atoms with van der Waals surface area (Å²) in [6, 6.07) is 3.99. The molecule has 2 amide bonds. The van der Waals surface area contributed by atoms with Crippen LogP contribution in [0.1, 0.15) is 20.8 Å². The molecule has 1 aromatic carbocycles. The van der Waals surface area contributed by atoms with E-state index in [-0.39, 0.29) is 16.6 Å². The lowest BCUT2D eigenvalue weighted by Gasteiger charge is -2.42.